The number of aromatic nitrogens is 3. The molecular formula is C17H18FN5O2. The summed E-state index contributed by atoms with van der Waals surface area (Å²) >= 11 is 0. The number of pyridine rings is 1. The van der Waals surface area contributed by atoms with Crippen LogP contribution in [0.5, 0.6) is 5.75 Å². The molecule has 2 aromatic heterocycles. The molecular weight excluding hydrogens is 325 g/mol. The van der Waals surface area contributed by atoms with Gasteiger partial charge in [0.25, 0.3) is 0 Å². The molecule has 0 aliphatic rings. The van der Waals surface area contributed by atoms with Gasteiger partial charge in [-0.2, -0.15) is 0 Å². The Kier molecular flexibility index (Phi) is 4.78. The van der Waals surface area contributed by atoms with Gasteiger partial charge in [0.2, 0.25) is 0 Å². The van der Waals surface area contributed by atoms with E-state index in [-0.39, 0.29) is 6.54 Å². The van der Waals surface area contributed by atoms with E-state index in [2.05, 4.69) is 20.8 Å². The lowest BCUT2D eigenvalue weighted by atomic mass is 10.1. The summed E-state index contributed by atoms with van der Waals surface area (Å²) in [6, 6.07) is 9.07. The number of fused-ring (bicyclic) bond motifs is 1. The summed E-state index contributed by atoms with van der Waals surface area (Å²) < 4.78 is 21.0. The Labute approximate surface area is 143 Å². The molecule has 0 radical (unpaired) electrons. The smallest absolute Gasteiger partial charge is 0.315 e. The van der Waals surface area contributed by atoms with Crippen LogP contribution >= 0.6 is 0 Å². The van der Waals surface area contributed by atoms with Gasteiger partial charge >= 0.3 is 6.03 Å². The summed E-state index contributed by atoms with van der Waals surface area (Å²) in [6.07, 6.45) is 1.82. The molecule has 7 nitrogen and oxygen atoms in total. The number of carbonyl (C=O) groups is 1. The van der Waals surface area contributed by atoms with Crippen molar-refractivity contribution in [2.45, 2.75) is 19.5 Å². The van der Waals surface area contributed by atoms with Gasteiger partial charge in [0, 0.05) is 6.20 Å². The minimum absolute atomic E-state index is 0.193. The summed E-state index contributed by atoms with van der Waals surface area (Å²) in [4.78, 5) is 12.1. The first-order chi connectivity index (χ1) is 12.1. The molecule has 130 valence electrons. The highest BCUT2D eigenvalue weighted by molar-refractivity contribution is 5.74. The Morgan fingerprint density at radius 2 is 2.12 bits per heavy atom. The lowest BCUT2D eigenvalue weighted by Gasteiger charge is -2.18. The van der Waals surface area contributed by atoms with Crippen LogP contribution < -0.4 is 15.4 Å². The van der Waals surface area contributed by atoms with Crippen LogP contribution in [0, 0.1) is 5.82 Å². The SMILES string of the molecule is COc1cccc(F)c1[C@H](C)NC(=O)NCc1nnc2ccccn12. The summed E-state index contributed by atoms with van der Waals surface area (Å²) in [5.41, 5.74) is 0.997. The normalized spacial score (nSPS) is 12.0. The van der Waals surface area contributed by atoms with Crippen LogP contribution in [0.4, 0.5) is 9.18 Å². The van der Waals surface area contributed by atoms with Crippen molar-refractivity contribution >= 4 is 11.7 Å². The number of halogens is 1. The molecule has 0 bridgehead atoms. The Bertz CT molecular complexity index is 896. The Hall–Kier alpha value is -3.16. The second-order valence-electron chi connectivity index (χ2n) is 5.45. The molecule has 25 heavy (non-hydrogen) atoms. The first-order valence-corrected chi connectivity index (χ1v) is 7.75. The molecule has 0 aliphatic carbocycles. The number of nitrogens with one attached hydrogen (secondary N) is 2. The van der Waals surface area contributed by atoms with Gasteiger partial charge in [0.15, 0.2) is 11.5 Å². The van der Waals surface area contributed by atoms with Crippen molar-refractivity contribution in [3.63, 3.8) is 0 Å². The van der Waals surface area contributed by atoms with E-state index in [1.54, 1.807) is 23.5 Å². The molecule has 1 aromatic carbocycles. The molecule has 0 fully saturated rings. The largest absolute Gasteiger partial charge is 0.496 e. The van der Waals surface area contributed by atoms with Crippen LogP contribution in [-0.4, -0.2) is 27.7 Å². The second-order valence-corrected chi connectivity index (χ2v) is 5.45. The highest BCUT2D eigenvalue weighted by atomic mass is 19.1. The fourth-order valence-electron chi connectivity index (χ4n) is 2.61. The van der Waals surface area contributed by atoms with Gasteiger partial charge in [0.05, 0.1) is 25.3 Å². The van der Waals surface area contributed by atoms with Gasteiger partial charge < -0.3 is 15.4 Å². The zero-order valence-corrected chi connectivity index (χ0v) is 13.9. The van der Waals surface area contributed by atoms with Crippen molar-refractivity contribution in [2.75, 3.05) is 7.11 Å². The maximum absolute atomic E-state index is 14.0. The highest BCUT2D eigenvalue weighted by Crippen LogP contribution is 2.27. The third kappa shape index (κ3) is 3.52. The fraction of sp³-hybridized carbons (Fsp3) is 0.235. The third-order valence-corrected chi connectivity index (χ3v) is 3.80. The third-order valence-electron chi connectivity index (χ3n) is 3.80. The fourth-order valence-corrected chi connectivity index (χ4v) is 2.61. The molecule has 1 atom stereocenters. The van der Waals surface area contributed by atoms with Gasteiger partial charge in [-0.3, -0.25) is 4.40 Å². The average Bonchev–Trinajstić information content (AvgIpc) is 3.02. The Morgan fingerprint density at radius 3 is 2.92 bits per heavy atom. The summed E-state index contributed by atoms with van der Waals surface area (Å²) in [5.74, 6) is 0.550. The first kappa shape index (κ1) is 16.7. The second kappa shape index (κ2) is 7.16. The lowest BCUT2D eigenvalue weighted by molar-refractivity contribution is 0.236. The maximum atomic E-state index is 14.0. The molecule has 0 saturated carbocycles. The van der Waals surface area contributed by atoms with E-state index in [4.69, 9.17) is 4.74 Å². The lowest BCUT2D eigenvalue weighted by Crippen LogP contribution is -2.37. The van der Waals surface area contributed by atoms with Gasteiger partial charge in [0.1, 0.15) is 11.6 Å². The number of nitrogens with zero attached hydrogens (tertiary/aromatic N) is 3. The van der Waals surface area contributed by atoms with Crippen molar-refractivity contribution < 1.29 is 13.9 Å². The minimum atomic E-state index is -0.564. The molecule has 0 aliphatic heterocycles. The zero-order valence-electron chi connectivity index (χ0n) is 13.9. The number of benzene rings is 1. The molecule has 2 N–H and O–H groups in total. The van der Waals surface area contributed by atoms with E-state index in [1.165, 1.54) is 13.2 Å². The predicted octanol–water partition coefficient (Wildman–Crippen LogP) is 2.44. The van der Waals surface area contributed by atoms with E-state index >= 15 is 0 Å². The summed E-state index contributed by atoms with van der Waals surface area (Å²) in [6.45, 7) is 1.88. The number of ether oxygens (including phenoxy) is 1. The Balaban J connectivity index is 1.65. The van der Waals surface area contributed by atoms with Gasteiger partial charge in [-0.1, -0.05) is 12.1 Å². The number of rotatable bonds is 5. The number of urea groups is 1. The summed E-state index contributed by atoms with van der Waals surface area (Å²) in [5, 5.41) is 13.4. The van der Waals surface area contributed by atoms with Crippen molar-refractivity contribution in [2.24, 2.45) is 0 Å². The number of hydrogen-bond donors (Lipinski definition) is 2. The van der Waals surface area contributed by atoms with E-state index in [0.717, 1.165) is 0 Å². The maximum Gasteiger partial charge on any atom is 0.315 e. The van der Waals surface area contributed by atoms with E-state index in [1.807, 2.05) is 24.4 Å². The number of carbonyl (C=O) groups excluding carboxylic acids is 1. The van der Waals surface area contributed by atoms with Crippen LogP contribution in [0.3, 0.4) is 0 Å². The van der Waals surface area contributed by atoms with Crippen LogP contribution in [0.25, 0.3) is 5.65 Å². The molecule has 3 aromatic rings. The molecule has 0 saturated heterocycles. The summed E-state index contributed by atoms with van der Waals surface area (Å²) in [7, 11) is 1.46. The molecule has 0 unspecified atom stereocenters. The standard InChI is InChI=1S/C17H18FN5O2/c1-11(16-12(18)6-5-7-13(16)25-2)20-17(24)19-10-15-22-21-14-8-3-4-9-23(14)15/h3-9,11H,10H2,1-2H3,(H2,19,20,24)/t11-/m0/s1. The number of methoxy groups -OCH3 is 1. The van der Waals surface area contributed by atoms with Crippen molar-refractivity contribution in [3.8, 4) is 5.75 Å². The predicted molar refractivity (Wildman–Crippen MR) is 89.7 cm³/mol. The zero-order chi connectivity index (χ0) is 17.8. The van der Waals surface area contributed by atoms with Crippen LogP contribution in [0.2, 0.25) is 0 Å². The Morgan fingerprint density at radius 1 is 1.28 bits per heavy atom. The highest BCUT2D eigenvalue weighted by Gasteiger charge is 2.18. The van der Waals surface area contributed by atoms with Gasteiger partial charge in [-0.15, -0.1) is 10.2 Å². The van der Waals surface area contributed by atoms with Crippen LogP contribution in [0.1, 0.15) is 24.4 Å². The molecule has 3 rings (SSSR count). The van der Waals surface area contributed by atoms with E-state index in [0.29, 0.717) is 22.8 Å². The molecule has 2 heterocycles. The minimum Gasteiger partial charge on any atom is -0.496 e. The van der Waals surface area contributed by atoms with E-state index in [9.17, 15) is 9.18 Å². The van der Waals surface area contributed by atoms with Crippen LogP contribution in [-0.2, 0) is 6.54 Å². The first-order valence-electron chi connectivity index (χ1n) is 7.75. The number of hydrogen-bond acceptors (Lipinski definition) is 4. The number of amides is 2. The average molecular weight is 343 g/mol. The van der Waals surface area contributed by atoms with Crippen molar-refractivity contribution in [1.82, 2.24) is 25.2 Å². The van der Waals surface area contributed by atoms with Gasteiger partial charge in [-0.25, -0.2) is 9.18 Å². The quantitative estimate of drug-likeness (QED) is 0.746. The van der Waals surface area contributed by atoms with E-state index < -0.39 is 17.9 Å². The molecule has 0 spiro atoms. The molecule has 2 amide bonds. The van der Waals surface area contributed by atoms with Crippen LogP contribution in [0.15, 0.2) is 42.6 Å². The topological polar surface area (TPSA) is 80.5 Å². The van der Waals surface area contributed by atoms with Gasteiger partial charge in [-0.05, 0) is 31.2 Å². The van der Waals surface area contributed by atoms with Crippen molar-refractivity contribution in [3.05, 3.63) is 59.8 Å². The molecule has 8 heteroatoms. The van der Waals surface area contributed by atoms with Crippen molar-refractivity contribution in [1.29, 1.82) is 0 Å². The monoisotopic (exact) mass is 343 g/mol.